The number of benzene rings is 3. The molecule has 1 unspecified atom stereocenters. The van der Waals surface area contributed by atoms with E-state index >= 15 is 8.78 Å². The average molecular weight is 893 g/mol. The van der Waals surface area contributed by atoms with E-state index in [1.807, 2.05) is 0 Å². The standard InChI is InChI=1S/C50H50F2N10O4/c1-27-18-34(19-28(2)43(27)51)62-45(59-16-15-58(48(59)64)41-11-10-39-36(44(41)52)25-53-57(39)4)42-37(55-62)22-33-7-9-40(42)60(33)26-35-21-32-20-30(31-12-17-65-49(24-31)13-5-14-49)6-8-38(32)61(35)50(23-29(50)3)46-54-47(63)66-56-46/h6,8,10-11,15-16,18-21,25,29,31,33,40H,5,7,9,12-14,17,22-24,26H2,1-4H3,(H,54,56,63)/t29-,31?,33+,40-,50-/m0/s1. The van der Waals surface area contributed by atoms with Gasteiger partial charge in [-0.2, -0.15) is 10.2 Å². The minimum absolute atomic E-state index is 0.0206. The van der Waals surface area contributed by atoms with Crippen LogP contribution in [-0.4, -0.2) is 66.6 Å². The van der Waals surface area contributed by atoms with Gasteiger partial charge in [-0.1, -0.05) is 18.1 Å². The average Bonchev–Trinajstić information content (AvgIpc) is 3.99. The third-order valence-electron chi connectivity index (χ3n) is 16.2. The van der Waals surface area contributed by atoms with Gasteiger partial charge >= 0.3 is 11.4 Å². The van der Waals surface area contributed by atoms with Crippen molar-refractivity contribution >= 4 is 21.8 Å². The molecule has 1 N–H and O–H groups in total. The first-order valence-corrected chi connectivity index (χ1v) is 23.3. The molecule has 16 heteroatoms. The maximum Gasteiger partial charge on any atom is 0.438 e. The Bertz CT molecular complexity index is 3410. The smallest absolute Gasteiger partial charge is 0.375 e. The molecule has 338 valence electrons. The van der Waals surface area contributed by atoms with E-state index in [2.05, 4.69) is 55.9 Å². The molecule has 2 saturated heterocycles. The van der Waals surface area contributed by atoms with Crippen LogP contribution in [0.15, 0.2) is 81.2 Å². The first-order chi connectivity index (χ1) is 31.9. The molecule has 0 amide bonds. The number of aromatic amines is 1. The van der Waals surface area contributed by atoms with Crippen LogP contribution < -0.4 is 11.4 Å². The van der Waals surface area contributed by atoms with Crippen LogP contribution in [0, 0.1) is 31.4 Å². The topological polar surface area (TPSA) is 139 Å². The molecular weight excluding hydrogens is 843 g/mol. The molecule has 5 atom stereocenters. The molecule has 5 aliphatic rings. The van der Waals surface area contributed by atoms with Crippen molar-refractivity contribution in [3.63, 3.8) is 0 Å². The van der Waals surface area contributed by atoms with Gasteiger partial charge in [0.1, 0.15) is 17.2 Å². The summed E-state index contributed by atoms with van der Waals surface area (Å²) in [5.41, 5.74) is 6.58. The monoisotopic (exact) mass is 892 g/mol. The van der Waals surface area contributed by atoms with E-state index in [1.54, 1.807) is 71.5 Å². The summed E-state index contributed by atoms with van der Waals surface area (Å²) in [4.78, 5) is 32.8. The molecule has 2 saturated carbocycles. The number of H-pyrrole nitrogens is 1. The number of fused-ring (bicyclic) bond motifs is 6. The zero-order valence-corrected chi connectivity index (χ0v) is 37.4. The number of nitrogens with one attached hydrogen (secondary N) is 1. The molecule has 14 nitrogen and oxygen atoms in total. The van der Waals surface area contributed by atoms with Crippen LogP contribution >= 0.6 is 0 Å². The zero-order valence-electron chi connectivity index (χ0n) is 37.4. The lowest BCUT2D eigenvalue weighted by atomic mass is 9.70. The van der Waals surface area contributed by atoms with Gasteiger partial charge in [-0.3, -0.25) is 28.2 Å². The Kier molecular flexibility index (Phi) is 8.51. The molecule has 3 aliphatic heterocycles. The fourth-order valence-electron chi connectivity index (χ4n) is 12.6. The number of hydrogen-bond acceptors (Lipinski definition) is 8. The molecule has 8 aromatic rings. The number of aryl methyl sites for hydroxylation is 3. The summed E-state index contributed by atoms with van der Waals surface area (Å²) in [7, 11) is 1.75. The van der Waals surface area contributed by atoms with Crippen molar-refractivity contribution in [3.8, 4) is 17.2 Å². The Morgan fingerprint density at radius 3 is 2.45 bits per heavy atom. The highest BCUT2D eigenvalue weighted by molar-refractivity contribution is 5.84. The van der Waals surface area contributed by atoms with Gasteiger partial charge in [0.15, 0.2) is 11.6 Å². The summed E-state index contributed by atoms with van der Waals surface area (Å²) in [6.45, 7) is 7.02. The van der Waals surface area contributed by atoms with E-state index in [0.29, 0.717) is 58.2 Å². The Hall–Kier alpha value is -6.39. The normalized spacial score (nSPS) is 24.5. The first-order valence-electron chi connectivity index (χ1n) is 23.3. The van der Waals surface area contributed by atoms with Gasteiger partial charge in [0.2, 0.25) is 0 Å². The number of aromatic nitrogens is 9. The highest BCUT2D eigenvalue weighted by Crippen LogP contribution is 2.57. The van der Waals surface area contributed by atoms with Gasteiger partial charge in [-0.15, -0.1) is 0 Å². The molecule has 3 aromatic carbocycles. The first kappa shape index (κ1) is 39.9. The Morgan fingerprint density at radius 2 is 1.71 bits per heavy atom. The molecule has 1 spiro atoms. The van der Waals surface area contributed by atoms with Crippen LogP contribution in [0.25, 0.3) is 39.0 Å². The van der Waals surface area contributed by atoms with Crippen LogP contribution in [0.2, 0.25) is 0 Å². The van der Waals surface area contributed by atoms with E-state index in [9.17, 15) is 9.59 Å². The van der Waals surface area contributed by atoms with Gasteiger partial charge in [0.25, 0.3) is 0 Å². The maximum atomic E-state index is 16.2. The second-order valence-corrected chi connectivity index (χ2v) is 19.9. The van der Waals surface area contributed by atoms with Crippen molar-refractivity contribution in [2.75, 3.05) is 6.61 Å². The van der Waals surface area contributed by atoms with Crippen molar-refractivity contribution in [2.24, 2.45) is 13.0 Å². The number of rotatable bonds is 8. The molecule has 5 aromatic heterocycles. The van der Waals surface area contributed by atoms with Crippen molar-refractivity contribution in [3.05, 3.63) is 139 Å². The van der Waals surface area contributed by atoms with Gasteiger partial charge in [0, 0.05) is 73.3 Å². The van der Waals surface area contributed by atoms with Crippen LogP contribution in [0.3, 0.4) is 0 Å². The van der Waals surface area contributed by atoms with E-state index in [4.69, 9.17) is 14.4 Å². The van der Waals surface area contributed by atoms with Crippen LogP contribution in [-0.2, 0) is 30.3 Å². The molecule has 2 bridgehead atoms. The maximum absolute atomic E-state index is 16.2. The molecule has 66 heavy (non-hydrogen) atoms. The predicted octanol–water partition coefficient (Wildman–Crippen LogP) is 8.09. The van der Waals surface area contributed by atoms with Gasteiger partial charge in [-0.05, 0) is 136 Å². The predicted molar refractivity (Wildman–Crippen MR) is 242 cm³/mol. The molecule has 4 fully saturated rings. The highest BCUT2D eigenvalue weighted by Gasteiger charge is 2.59. The van der Waals surface area contributed by atoms with Gasteiger partial charge < -0.3 is 9.30 Å². The van der Waals surface area contributed by atoms with E-state index < -0.39 is 22.8 Å². The van der Waals surface area contributed by atoms with Crippen LogP contribution in [0.4, 0.5) is 8.78 Å². The van der Waals surface area contributed by atoms with Crippen molar-refractivity contribution < 1.29 is 18.0 Å². The lowest BCUT2D eigenvalue weighted by Gasteiger charge is -2.47. The Balaban J connectivity index is 0.947. The summed E-state index contributed by atoms with van der Waals surface area (Å²) < 4.78 is 51.6. The SMILES string of the molecule is Cc1cc(-n2nc3c(c2-n2ccn(-c4ccc5c(cnn5C)c4F)c2=O)[C@@H]2CC[C@H](C3)N2Cc2cc3cc(C4CCOC5(CCC5)C4)ccc3n2[C@@]2(c3noc(=O)[nH]3)C[C@@H]2C)cc(C)c1F. The number of halogens is 2. The minimum Gasteiger partial charge on any atom is -0.375 e. The third kappa shape index (κ3) is 5.66. The second-order valence-electron chi connectivity index (χ2n) is 19.9. The molecule has 8 heterocycles. The van der Waals surface area contributed by atoms with Crippen molar-refractivity contribution in [1.29, 1.82) is 0 Å². The lowest BCUT2D eigenvalue weighted by molar-refractivity contribution is -0.133. The van der Waals surface area contributed by atoms with Gasteiger partial charge in [-0.25, -0.2) is 23.1 Å². The number of imidazole rings is 1. The number of ether oxygens (including phenoxy) is 1. The minimum atomic E-state index is -0.599. The summed E-state index contributed by atoms with van der Waals surface area (Å²) >= 11 is 0. The van der Waals surface area contributed by atoms with Crippen LogP contribution in [0.1, 0.15) is 110 Å². The largest absolute Gasteiger partial charge is 0.438 e. The van der Waals surface area contributed by atoms with Crippen LogP contribution in [0.5, 0.6) is 0 Å². The second kappa shape index (κ2) is 14.1. The van der Waals surface area contributed by atoms with Crippen molar-refractivity contribution in [2.45, 2.75) is 114 Å². The Labute approximate surface area is 377 Å². The molecule has 13 rings (SSSR count). The molecular formula is C50H50F2N10O4. The van der Waals surface area contributed by atoms with Crippen molar-refractivity contribution in [1.82, 2.24) is 48.3 Å². The quantitative estimate of drug-likeness (QED) is 0.162. The highest BCUT2D eigenvalue weighted by atomic mass is 19.1. The lowest BCUT2D eigenvalue weighted by Crippen LogP contribution is -2.44. The summed E-state index contributed by atoms with van der Waals surface area (Å²) in [6, 6.07) is 16.2. The Morgan fingerprint density at radius 1 is 0.924 bits per heavy atom. The van der Waals surface area contributed by atoms with Gasteiger partial charge in [0.05, 0.1) is 39.8 Å². The molecule has 0 radical (unpaired) electrons. The summed E-state index contributed by atoms with van der Waals surface area (Å²) in [5.74, 6) is 0.273. The van der Waals surface area contributed by atoms with E-state index in [-0.39, 0.29) is 35.1 Å². The zero-order chi connectivity index (χ0) is 45.0. The fourth-order valence-corrected chi connectivity index (χ4v) is 12.6. The van der Waals surface area contributed by atoms with E-state index in [0.717, 1.165) is 79.4 Å². The molecule has 2 aliphatic carbocycles. The summed E-state index contributed by atoms with van der Waals surface area (Å²) in [5, 5.41) is 15.3. The number of nitrogens with zero attached hydrogens (tertiary/aromatic N) is 9. The van der Waals surface area contributed by atoms with E-state index in [1.165, 1.54) is 22.7 Å². The number of hydrogen-bond donors (Lipinski definition) is 1. The fraction of sp³-hybridized carbons (Fsp3) is 0.420. The third-order valence-corrected chi connectivity index (χ3v) is 16.2. The summed E-state index contributed by atoms with van der Waals surface area (Å²) in [6.07, 6.45) is 13.4.